The number of hydrogen-bond acceptors (Lipinski definition) is 2. The fraction of sp³-hybridized carbons (Fsp3) is 1.00. The van der Waals surface area contributed by atoms with Crippen LogP contribution < -0.4 is 5.43 Å². The molecule has 78 valence electrons. The van der Waals surface area contributed by atoms with E-state index in [0.717, 1.165) is 12.5 Å². The minimum atomic E-state index is 0.606. The fourth-order valence-electron chi connectivity index (χ4n) is 1.97. The lowest BCUT2D eigenvalue weighted by Crippen LogP contribution is -2.36. The van der Waals surface area contributed by atoms with Crippen LogP contribution >= 0.6 is 0 Å². The Hall–Kier alpha value is -0.0800. The van der Waals surface area contributed by atoms with E-state index < -0.39 is 0 Å². The van der Waals surface area contributed by atoms with E-state index in [2.05, 4.69) is 38.4 Å². The summed E-state index contributed by atoms with van der Waals surface area (Å²) in [6, 6.07) is 0. The Morgan fingerprint density at radius 2 is 1.77 bits per heavy atom. The van der Waals surface area contributed by atoms with Crippen molar-refractivity contribution in [2.75, 3.05) is 20.6 Å². The molecule has 0 bridgehead atoms. The molecule has 0 aromatic heterocycles. The molecular formula is C11H24N2. The highest BCUT2D eigenvalue weighted by Gasteiger charge is 2.26. The Bertz CT molecular complexity index is 139. The molecule has 1 rings (SSSR count). The maximum absolute atomic E-state index is 3.38. The molecular weight excluding hydrogens is 160 g/mol. The molecule has 0 radical (unpaired) electrons. The molecule has 0 amide bonds. The van der Waals surface area contributed by atoms with Crippen LogP contribution in [0.4, 0.5) is 0 Å². The van der Waals surface area contributed by atoms with Gasteiger partial charge in [0.2, 0.25) is 0 Å². The topological polar surface area (TPSA) is 15.3 Å². The molecule has 0 aromatic rings. The van der Waals surface area contributed by atoms with E-state index >= 15 is 0 Å². The van der Waals surface area contributed by atoms with Crippen LogP contribution in [0, 0.1) is 11.3 Å². The van der Waals surface area contributed by atoms with Crippen molar-refractivity contribution in [1.82, 2.24) is 10.4 Å². The van der Waals surface area contributed by atoms with Gasteiger partial charge in [0.1, 0.15) is 0 Å². The summed E-state index contributed by atoms with van der Waals surface area (Å²) in [6.45, 7) is 5.94. The Balaban J connectivity index is 2.18. The zero-order valence-corrected chi connectivity index (χ0v) is 9.56. The number of rotatable bonds is 3. The second-order valence-corrected chi connectivity index (χ2v) is 5.36. The maximum atomic E-state index is 3.38. The standard InChI is InChI=1S/C11H24N2/c1-11(2)7-5-10(6-8-11)9-12-13(3)4/h10,12H,5-9H2,1-4H3. The molecule has 1 aliphatic carbocycles. The van der Waals surface area contributed by atoms with E-state index in [-0.39, 0.29) is 0 Å². The highest BCUT2D eigenvalue weighted by atomic mass is 15.5. The molecule has 1 aliphatic rings. The predicted molar refractivity (Wildman–Crippen MR) is 57.4 cm³/mol. The zero-order valence-electron chi connectivity index (χ0n) is 9.56. The molecule has 0 saturated heterocycles. The molecule has 0 spiro atoms. The van der Waals surface area contributed by atoms with Gasteiger partial charge in [-0.2, -0.15) is 0 Å². The Labute approximate surface area is 82.7 Å². The van der Waals surface area contributed by atoms with Crippen molar-refractivity contribution >= 4 is 0 Å². The Morgan fingerprint density at radius 1 is 1.23 bits per heavy atom. The number of nitrogens with one attached hydrogen (secondary N) is 1. The first-order valence-electron chi connectivity index (χ1n) is 5.40. The van der Waals surface area contributed by atoms with E-state index in [4.69, 9.17) is 0 Å². The third kappa shape index (κ3) is 4.10. The first-order valence-corrected chi connectivity index (χ1v) is 5.40. The van der Waals surface area contributed by atoms with Crippen LogP contribution in [0.2, 0.25) is 0 Å². The van der Waals surface area contributed by atoms with Crippen LogP contribution in [0.25, 0.3) is 0 Å². The molecule has 1 N–H and O–H groups in total. The van der Waals surface area contributed by atoms with Gasteiger partial charge in [0.05, 0.1) is 0 Å². The molecule has 13 heavy (non-hydrogen) atoms. The predicted octanol–water partition coefficient (Wildman–Crippen LogP) is 2.27. The monoisotopic (exact) mass is 184 g/mol. The Kier molecular flexibility index (Phi) is 3.74. The van der Waals surface area contributed by atoms with Gasteiger partial charge in [-0.25, -0.2) is 0 Å². The van der Waals surface area contributed by atoms with Crippen LogP contribution in [0.5, 0.6) is 0 Å². The van der Waals surface area contributed by atoms with Crippen molar-refractivity contribution in [3.05, 3.63) is 0 Å². The highest BCUT2D eigenvalue weighted by Crippen LogP contribution is 2.37. The van der Waals surface area contributed by atoms with Gasteiger partial charge in [0.25, 0.3) is 0 Å². The molecule has 0 aromatic carbocycles. The SMILES string of the molecule is CN(C)NCC1CCC(C)(C)CC1. The molecule has 1 saturated carbocycles. The minimum absolute atomic E-state index is 0.606. The molecule has 0 unspecified atom stereocenters. The molecule has 0 heterocycles. The van der Waals surface area contributed by atoms with E-state index in [1.807, 2.05) is 0 Å². The van der Waals surface area contributed by atoms with Crippen LogP contribution in [-0.2, 0) is 0 Å². The van der Waals surface area contributed by atoms with Crippen LogP contribution in [0.1, 0.15) is 39.5 Å². The lowest BCUT2D eigenvalue weighted by molar-refractivity contribution is 0.166. The molecule has 2 nitrogen and oxygen atoms in total. The quantitative estimate of drug-likeness (QED) is 0.677. The average molecular weight is 184 g/mol. The van der Waals surface area contributed by atoms with Crippen molar-refractivity contribution in [2.45, 2.75) is 39.5 Å². The number of hydrogen-bond donors (Lipinski definition) is 1. The van der Waals surface area contributed by atoms with Gasteiger partial charge in [0, 0.05) is 20.6 Å². The number of hydrazine groups is 1. The molecule has 0 atom stereocenters. The first-order chi connectivity index (χ1) is 5.99. The largest absolute Gasteiger partial charge is 0.255 e. The lowest BCUT2D eigenvalue weighted by Gasteiger charge is -2.34. The molecule has 0 aliphatic heterocycles. The van der Waals surface area contributed by atoms with E-state index in [1.165, 1.54) is 25.7 Å². The van der Waals surface area contributed by atoms with Gasteiger partial charge >= 0.3 is 0 Å². The smallest absolute Gasteiger partial charge is 0.0130 e. The summed E-state index contributed by atoms with van der Waals surface area (Å²) in [5.74, 6) is 0.899. The highest BCUT2D eigenvalue weighted by molar-refractivity contribution is 4.78. The second-order valence-electron chi connectivity index (χ2n) is 5.36. The minimum Gasteiger partial charge on any atom is -0.255 e. The second kappa shape index (κ2) is 4.43. The summed E-state index contributed by atoms with van der Waals surface area (Å²) >= 11 is 0. The number of nitrogens with zero attached hydrogens (tertiary/aromatic N) is 1. The third-order valence-electron chi connectivity index (χ3n) is 3.15. The summed E-state index contributed by atoms with van der Waals surface area (Å²) in [6.07, 6.45) is 5.58. The van der Waals surface area contributed by atoms with Crippen molar-refractivity contribution in [2.24, 2.45) is 11.3 Å². The van der Waals surface area contributed by atoms with Crippen LogP contribution in [0.3, 0.4) is 0 Å². The van der Waals surface area contributed by atoms with E-state index in [9.17, 15) is 0 Å². The van der Waals surface area contributed by atoms with Crippen molar-refractivity contribution < 1.29 is 0 Å². The van der Waals surface area contributed by atoms with Gasteiger partial charge in [-0.15, -0.1) is 0 Å². The van der Waals surface area contributed by atoms with Crippen molar-refractivity contribution in [3.63, 3.8) is 0 Å². The third-order valence-corrected chi connectivity index (χ3v) is 3.15. The van der Waals surface area contributed by atoms with Crippen LogP contribution in [-0.4, -0.2) is 25.6 Å². The fourth-order valence-corrected chi connectivity index (χ4v) is 1.97. The van der Waals surface area contributed by atoms with Gasteiger partial charge in [-0.1, -0.05) is 13.8 Å². The normalized spacial score (nSPS) is 23.8. The zero-order chi connectivity index (χ0) is 9.90. The summed E-state index contributed by atoms with van der Waals surface area (Å²) in [5.41, 5.74) is 3.98. The summed E-state index contributed by atoms with van der Waals surface area (Å²) in [5, 5.41) is 2.06. The summed E-state index contributed by atoms with van der Waals surface area (Å²) in [7, 11) is 4.12. The van der Waals surface area contributed by atoms with Gasteiger partial charge in [0.15, 0.2) is 0 Å². The molecule has 2 heteroatoms. The lowest BCUT2D eigenvalue weighted by atomic mass is 9.73. The maximum Gasteiger partial charge on any atom is 0.0130 e. The summed E-state index contributed by atoms with van der Waals surface area (Å²) in [4.78, 5) is 0. The van der Waals surface area contributed by atoms with E-state index in [0.29, 0.717) is 5.41 Å². The first kappa shape index (κ1) is 11.0. The Morgan fingerprint density at radius 3 is 2.23 bits per heavy atom. The van der Waals surface area contributed by atoms with Gasteiger partial charge in [-0.05, 0) is 37.0 Å². The van der Waals surface area contributed by atoms with Crippen molar-refractivity contribution in [1.29, 1.82) is 0 Å². The molecule has 1 fully saturated rings. The van der Waals surface area contributed by atoms with Gasteiger partial charge < -0.3 is 0 Å². The van der Waals surface area contributed by atoms with E-state index in [1.54, 1.807) is 0 Å². The van der Waals surface area contributed by atoms with Crippen LogP contribution in [0.15, 0.2) is 0 Å². The van der Waals surface area contributed by atoms with Crippen molar-refractivity contribution in [3.8, 4) is 0 Å². The average Bonchev–Trinajstić information content (AvgIpc) is 2.02. The summed E-state index contributed by atoms with van der Waals surface area (Å²) < 4.78 is 0. The van der Waals surface area contributed by atoms with Gasteiger partial charge in [-0.3, -0.25) is 10.4 Å².